The van der Waals surface area contributed by atoms with Crippen molar-refractivity contribution in [2.45, 2.75) is 50.7 Å². The summed E-state index contributed by atoms with van der Waals surface area (Å²) in [6, 6.07) is 3.79. The first-order valence-electron chi connectivity index (χ1n) is 10.7. The van der Waals surface area contributed by atoms with E-state index in [0.717, 1.165) is 19.3 Å². The summed E-state index contributed by atoms with van der Waals surface area (Å²) in [4.78, 5) is 33.3. The maximum atomic E-state index is 12.9. The van der Waals surface area contributed by atoms with Gasteiger partial charge in [-0.25, -0.2) is 9.78 Å². The van der Waals surface area contributed by atoms with Crippen molar-refractivity contribution in [2.75, 3.05) is 39.4 Å². The molecule has 4 rings (SSSR count). The summed E-state index contributed by atoms with van der Waals surface area (Å²) < 4.78 is 11.4. The molecule has 3 amide bonds. The van der Waals surface area contributed by atoms with Crippen LogP contribution in [0.25, 0.3) is 0 Å². The lowest BCUT2D eigenvalue weighted by Crippen LogP contribution is -2.45. The molecule has 1 N–H and O–H groups in total. The average molecular weight is 402 g/mol. The molecule has 1 atom stereocenters. The van der Waals surface area contributed by atoms with Crippen LogP contribution in [-0.2, 0) is 4.74 Å². The predicted octanol–water partition coefficient (Wildman–Crippen LogP) is 2.05. The third-order valence-corrected chi connectivity index (χ3v) is 5.94. The highest BCUT2D eigenvalue weighted by Gasteiger charge is 2.31. The number of carbonyl (C=O) groups is 2. The second-order valence-corrected chi connectivity index (χ2v) is 8.02. The number of carbonyl (C=O) groups excluding carboxylic acids is 2. The zero-order valence-electron chi connectivity index (χ0n) is 16.8. The summed E-state index contributed by atoms with van der Waals surface area (Å²) in [5, 5.41) is 3.16. The normalized spacial score (nSPS) is 23.1. The van der Waals surface area contributed by atoms with E-state index in [4.69, 9.17) is 9.47 Å². The highest BCUT2D eigenvalue weighted by atomic mass is 16.5. The van der Waals surface area contributed by atoms with Gasteiger partial charge in [0.2, 0.25) is 5.88 Å². The molecule has 1 aromatic rings. The molecule has 1 aromatic heterocycles. The number of pyridine rings is 1. The number of morpholine rings is 1. The van der Waals surface area contributed by atoms with Crippen molar-refractivity contribution >= 4 is 11.9 Å². The molecule has 3 heterocycles. The van der Waals surface area contributed by atoms with E-state index < -0.39 is 0 Å². The first-order chi connectivity index (χ1) is 14.2. The summed E-state index contributed by atoms with van der Waals surface area (Å²) in [5.41, 5.74) is 0.472. The Balaban J connectivity index is 1.34. The van der Waals surface area contributed by atoms with Crippen molar-refractivity contribution in [3.63, 3.8) is 0 Å². The van der Waals surface area contributed by atoms with Crippen molar-refractivity contribution in [1.29, 1.82) is 0 Å². The lowest BCUT2D eigenvalue weighted by atomic mass is 9.96. The average Bonchev–Trinajstić information content (AvgIpc) is 3.24. The standard InChI is InChI=1S/C21H30N4O4/c26-20(24-11-13-28-14-12-24)18-7-4-9-22-19(18)29-17-8-10-25(15-17)21(27)23-16-5-2-1-3-6-16/h4,7,9,16-17H,1-3,5-6,8,10-15H2,(H,23,27). The molecule has 0 bridgehead atoms. The van der Waals surface area contributed by atoms with Gasteiger partial charge in [0, 0.05) is 38.3 Å². The third-order valence-electron chi connectivity index (χ3n) is 5.94. The van der Waals surface area contributed by atoms with E-state index in [-0.39, 0.29) is 18.0 Å². The number of amides is 3. The van der Waals surface area contributed by atoms with Gasteiger partial charge >= 0.3 is 6.03 Å². The van der Waals surface area contributed by atoms with E-state index in [1.54, 1.807) is 23.2 Å². The van der Waals surface area contributed by atoms with E-state index in [1.807, 2.05) is 4.90 Å². The van der Waals surface area contributed by atoms with Gasteiger partial charge in [-0.1, -0.05) is 19.3 Å². The van der Waals surface area contributed by atoms with E-state index in [2.05, 4.69) is 10.3 Å². The molecule has 0 aromatic carbocycles. The molecule has 2 aliphatic heterocycles. The van der Waals surface area contributed by atoms with Crippen molar-refractivity contribution in [1.82, 2.24) is 20.1 Å². The molecular weight excluding hydrogens is 372 g/mol. The van der Waals surface area contributed by atoms with Crippen LogP contribution < -0.4 is 10.1 Å². The van der Waals surface area contributed by atoms with E-state index in [0.29, 0.717) is 56.9 Å². The van der Waals surface area contributed by atoms with Crippen LogP contribution in [0, 0.1) is 0 Å². The number of nitrogens with one attached hydrogen (secondary N) is 1. The quantitative estimate of drug-likeness (QED) is 0.833. The molecule has 1 unspecified atom stereocenters. The van der Waals surface area contributed by atoms with Crippen LogP contribution >= 0.6 is 0 Å². The number of nitrogens with zero attached hydrogens (tertiary/aromatic N) is 3. The fraction of sp³-hybridized carbons (Fsp3) is 0.667. The van der Waals surface area contributed by atoms with Gasteiger partial charge in [-0.15, -0.1) is 0 Å². The summed E-state index contributed by atoms with van der Waals surface area (Å²) in [6.07, 6.45) is 8.00. The van der Waals surface area contributed by atoms with Gasteiger partial charge in [0.15, 0.2) is 0 Å². The number of urea groups is 1. The number of hydrogen-bond donors (Lipinski definition) is 1. The predicted molar refractivity (Wildman–Crippen MR) is 107 cm³/mol. The molecular formula is C21H30N4O4. The minimum atomic E-state index is -0.154. The maximum absolute atomic E-state index is 12.9. The number of rotatable bonds is 4. The lowest BCUT2D eigenvalue weighted by molar-refractivity contribution is 0.0298. The van der Waals surface area contributed by atoms with Gasteiger partial charge in [0.05, 0.1) is 19.8 Å². The van der Waals surface area contributed by atoms with Crippen molar-refractivity contribution in [3.05, 3.63) is 23.9 Å². The Morgan fingerprint density at radius 1 is 1.07 bits per heavy atom. The number of likely N-dealkylation sites (tertiary alicyclic amines) is 1. The smallest absolute Gasteiger partial charge is 0.317 e. The van der Waals surface area contributed by atoms with Crippen LogP contribution in [0.3, 0.4) is 0 Å². The second kappa shape index (κ2) is 9.43. The Kier molecular flexibility index (Phi) is 6.49. The van der Waals surface area contributed by atoms with Gasteiger partial charge in [-0.2, -0.15) is 0 Å². The van der Waals surface area contributed by atoms with E-state index in [9.17, 15) is 9.59 Å². The molecule has 3 aliphatic rings. The van der Waals surface area contributed by atoms with Crippen molar-refractivity contribution in [3.8, 4) is 5.88 Å². The van der Waals surface area contributed by atoms with Crippen molar-refractivity contribution < 1.29 is 19.1 Å². The zero-order chi connectivity index (χ0) is 20.1. The maximum Gasteiger partial charge on any atom is 0.317 e. The Labute approximate surface area is 171 Å². The van der Waals surface area contributed by atoms with Crippen LogP contribution in [0.15, 0.2) is 18.3 Å². The Hall–Kier alpha value is -2.35. The fourth-order valence-electron chi connectivity index (χ4n) is 4.26. The van der Waals surface area contributed by atoms with E-state index in [1.165, 1.54) is 19.3 Å². The summed E-state index contributed by atoms with van der Waals surface area (Å²) in [7, 11) is 0. The fourth-order valence-corrected chi connectivity index (χ4v) is 4.26. The summed E-state index contributed by atoms with van der Waals surface area (Å²) in [6.45, 7) is 3.42. The molecule has 0 radical (unpaired) electrons. The Morgan fingerprint density at radius 2 is 1.86 bits per heavy atom. The molecule has 3 fully saturated rings. The highest BCUT2D eigenvalue weighted by Crippen LogP contribution is 2.23. The molecule has 158 valence electrons. The molecule has 29 heavy (non-hydrogen) atoms. The minimum absolute atomic E-state index is 0.00589. The van der Waals surface area contributed by atoms with Crippen LogP contribution in [-0.4, -0.2) is 78.3 Å². The summed E-state index contributed by atoms with van der Waals surface area (Å²) in [5.74, 6) is 0.268. The monoisotopic (exact) mass is 402 g/mol. The molecule has 0 spiro atoms. The molecule has 2 saturated heterocycles. The first-order valence-corrected chi connectivity index (χ1v) is 10.7. The van der Waals surface area contributed by atoms with Gasteiger partial charge in [-0.05, 0) is 25.0 Å². The van der Waals surface area contributed by atoms with Crippen molar-refractivity contribution in [2.24, 2.45) is 0 Å². The molecule has 8 nitrogen and oxygen atoms in total. The Bertz CT molecular complexity index is 716. The molecule has 1 saturated carbocycles. The zero-order valence-corrected chi connectivity index (χ0v) is 16.8. The number of hydrogen-bond acceptors (Lipinski definition) is 5. The third kappa shape index (κ3) is 4.98. The van der Waals surface area contributed by atoms with Gasteiger partial charge in [0.1, 0.15) is 11.7 Å². The van der Waals surface area contributed by atoms with Gasteiger partial charge in [0.25, 0.3) is 5.91 Å². The largest absolute Gasteiger partial charge is 0.472 e. The van der Waals surface area contributed by atoms with Gasteiger partial charge < -0.3 is 24.6 Å². The minimum Gasteiger partial charge on any atom is -0.472 e. The van der Waals surface area contributed by atoms with Crippen LogP contribution in [0.4, 0.5) is 4.79 Å². The van der Waals surface area contributed by atoms with Crippen LogP contribution in [0.5, 0.6) is 5.88 Å². The SMILES string of the molecule is O=C(NC1CCCCC1)N1CCC(Oc2ncccc2C(=O)N2CCOCC2)C1. The van der Waals surface area contributed by atoms with Gasteiger partial charge in [-0.3, -0.25) is 4.79 Å². The second-order valence-electron chi connectivity index (χ2n) is 8.02. The van der Waals surface area contributed by atoms with Crippen LogP contribution in [0.1, 0.15) is 48.9 Å². The molecule has 1 aliphatic carbocycles. The number of aromatic nitrogens is 1. The topological polar surface area (TPSA) is 84.0 Å². The lowest BCUT2D eigenvalue weighted by Gasteiger charge is -2.27. The highest BCUT2D eigenvalue weighted by molar-refractivity contribution is 5.96. The first kappa shape index (κ1) is 19.9. The number of ether oxygens (including phenoxy) is 2. The van der Waals surface area contributed by atoms with Crippen LogP contribution in [0.2, 0.25) is 0 Å². The molecule has 8 heteroatoms. The summed E-state index contributed by atoms with van der Waals surface area (Å²) >= 11 is 0. The van der Waals surface area contributed by atoms with E-state index >= 15 is 0 Å². The Morgan fingerprint density at radius 3 is 2.66 bits per heavy atom.